The fourth-order valence-corrected chi connectivity index (χ4v) is 9.08. The van der Waals surface area contributed by atoms with Gasteiger partial charge >= 0.3 is 0 Å². The Hall–Kier alpha value is -4.20. The normalized spacial score (nSPS) is 18.8. The molecule has 19 heteroatoms. The second-order valence-electron chi connectivity index (χ2n) is 19.8. The molecule has 0 aromatic carbocycles. The summed E-state index contributed by atoms with van der Waals surface area (Å²) < 4.78 is 0.993. The molecule has 0 atom stereocenters. The number of hydrogen-bond acceptors (Lipinski definition) is 14. The summed E-state index contributed by atoms with van der Waals surface area (Å²) in [6.07, 6.45) is 6.56. The summed E-state index contributed by atoms with van der Waals surface area (Å²) in [5, 5.41) is 7.32. The standard InChI is InChI=1S/C15H22N4O.C12H17ClN2.C11H18N4.C6H5BrClN.C5H12N2.C4H7NO/c1-11-13(19-9-7-18(2)8-10-19)5-6-14(16-11)17-15(20)12-3-4-12;1-9-11(3-4-12(13)14-9)10-5-7-15(2)8-6-10;1-9-10(3-4-11(12)13-9)15-7-5-14(2)6-8-15;1-4-5(7)2-3-6(8)9-4;1-7-4-2-6-3-5-7;5-4(6)3-1-2-3/h5-6,12H,3-4,7-10H2,1-2H3,(H,16,17,20);3-4,10H,5-8H2,1-2H3;3-4H,5-8H2,1-2H3,(H2,12,13);2-3H,1H3;6H,2-5H2,1H3;3H,1-2H2,(H2,5,6). The summed E-state index contributed by atoms with van der Waals surface area (Å²) in [6.45, 7) is 23.7. The van der Waals surface area contributed by atoms with Crippen LogP contribution in [0.2, 0.25) is 10.3 Å². The van der Waals surface area contributed by atoms with E-state index in [0.717, 1.165) is 118 Å². The van der Waals surface area contributed by atoms with E-state index in [-0.39, 0.29) is 23.7 Å². The summed E-state index contributed by atoms with van der Waals surface area (Å²) in [6, 6.07) is 15.6. The third kappa shape index (κ3) is 20.6. The van der Waals surface area contributed by atoms with E-state index in [9.17, 15) is 9.59 Å². The highest BCUT2D eigenvalue weighted by Crippen LogP contribution is 2.32. The highest BCUT2D eigenvalue weighted by molar-refractivity contribution is 9.10. The van der Waals surface area contributed by atoms with Crippen LogP contribution < -0.4 is 31.9 Å². The number of amides is 2. The predicted molar refractivity (Wildman–Crippen MR) is 301 cm³/mol. The second kappa shape index (κ2) is 29.6. The van der Waals surface area contributed by atoms with E-state index in [1.165, 1.54) is 56.0 Å². The van der Waals surface area contributed by atoms with Gasteiger partial charge in [0.2, 0.25) is 11.8 Å². The molecular weight excluding hydrogens is 1020 g/mol. The number of hydrogen-bond donors (Lipinski definition) is 4. The van der Waals surface area contributed by atoms with Crippen LogP contribution in [0.5, 0.6) is 0 Å². The molecule has 0 unspecified atom stereocenters. The highest BCUT2D eigenvalue weighted by Gasteiger charge is 2.30. The number of nitrogens with zero attached hydrogens (tertiary/aromatic N) is 10. The average molecular weight is 1100 g/mol. The lowest BCUT2D eigenvalue weighted by Crippen LogP contribution is -2.44. The van der Waals surface area contributed by atoms with Gasteiger partial charge in [0.1, 0.15) is 21.9 Å². The molecule has 4 aromatic rings. The molecule has 2 saturated carbocycles. The second-order valence-corrected chi connectivity index (χ2v) is 21.4. The number of aryl methyl sites for hydroxylation is 4. The van der Waals surface area contributed by atoms with Crippen LogP contribution in [0.15, 0.2) is 53.0 Å². The smallest absolute Gasteiger partial charge is 0.228 e. The van der Waals surface area contributed by atoms with Crippen LogP contribution in [-0.2, 0) is 9.59 Å². The minimum Gasteiger partial charge on any atom is -0.384 e. The van der Waals surface area contributed by atoms with Crippen molar-refractivity contribution in [2.24, 2.45) is 17.6 Å². The van der Waals surface area contributed by atoms with Gasteiger partial charge in [0.15, 0.2) is 0 Å². The molecule has 2 aliphatic carbocycles. The Morgan fingerprint density at radius 1 is 0.569 bits per heavy atom. The van der Waals surface area contributed by atoms with E-state index < -0.39 is 0 Å². The number of pyridine rings is 4. The number of nitrogens with one attached hydrogen (secondary N) is 2. The predicted octanol–water partition coefficient (Wildman–Crippen LogP) is 7.28. The zero-order valence-electron chi connectivity index (χ0n) is 44.1. The van der Waals surface area contributed by atoms with Gasteiger partial charge in [-0.2, -0.15) is 0 Å². The molecule has 4 aromatic heterocycles. The average Bonchev–Trinajstić information content (AvgIpc) is 4.28. The molecule has 0 bridgehead atoms. The number of piperazine rings is 3. The van der Waals surface area contributed by atoms with Gasteiger partial charge in [0, 0.05) is 101 Å². The van der Waals surface area contributed by atoms with Gasteiger partial charge in [0.05, 0.1) is 28.5 Å². The van der Waals surface area contributed by atoms with Crippen molar-refractivity contribution in [3.05, 3.63) is 91.6 Å². The van der Waals surface area contributed by atoms with Crippen LogP contribution in [0.1, 0.15) is 72.8 Å². The Morgan fingerprint density at radius 3 is 1.46 bits per heavy atom. The summed E-state index contributed by atoms with van der Waals surface area (Å²) in [5.74, 6) is 2.40. The molecule has 4 saturated heterocycles. The molecule has 0 radical (unpaired) electrons. The fourth-order valence-electron chi connectivity index (χ4n) is 8.48. The SMILES string of the molecule is CN1CCNCC1.Cc1nc(Cl)ccc1Br.Cc1nc(Cl)ccc1C1CCN(C)CC1.Cc1nc(N)ccc1N1CCN(C)CC1.Cc1nc(NC(=O)C2CC2)ccc1N1CCN(C)CC1.NC(=O)C1CC1. The number of likely N-dealkylation sites (tertiary alicyclic amines) is 1. The first-order chi connectivity index (χ1) is 34.4. The van der Waals surface area contributed by atoms with Crippen LogP contribution in [-0.4, -0.2) is 171 Å². The molecule has 6 aliphatic rings. The van der Waals surface area contributed by atoms with Crippen LogP contribution in [0, 0.1) is 39.5 Å². The first-order valence-electron chi connectivity index (χ1n) is 25.5. The third-order valence-corrected chi connectivity index (χ3v) is 14.8. The van der Waals surface area contributed by atoms with Crippen molar-refractivity contribution in [1.82, 2.24) is 44.9 Å². The first-order valence-corrected chi connectivity index (χ1v) is 27.1. The molecule has 72 heavy (non-hydrogen) atoms. The zero-order chi connectivity index (χ0) is 52.3. The minimum atomic E-state index is -0.130. The lowest BCUT2D eigenvalue weighted by molar-refractivity contribution is -0.119. The summed E-state index contributed by atoms with van der Waals surface area (Å²) in [4.78, 5) is 53.0. The van der Waals surface area contributed by atoms with Crippen molar-refractivity contribution in [3.63, 3.8) is 0 Å². The van der Waals surface area contributed by atoms with Gasteiger partial charge in [-0.15, -0.1) is 0 Å². The number of nitrogens with two attached hydrogens (primary N) is 2. The van der Waals surface area contributed by atoms with Gasteiger partial charge in [-0.3, -0.25) is 9.59 Å². The minimum absolute atomic E-state index is 0.115. The molecule has 396 valence electrons. The molecule has 16 nitrogen and oxygen atoms in total. The summed E-state index contributed by atoms with van der Waals surface area (Å²) >= 11 is 14.8. The van der Waals surface area contributed by atoms with E-state index in [0.29, 0.717) is 27.9 Å². The number of anilines is 4. The number of aromatic nitrogens is 4. The largest absolute Gasteiger partial charge is 0.384 e. The van der Waals surface area contributed by atoms with Crippen LogP contribution in [0.25, 0.3) is 0 Å². The number of carbonyl (C=O) groups is 2. The zero-order valence-corrected chi connectivity index (χ0v) is 47.2. The maximum absolute atomic E-state index is 11.7. The molecule has 0 spiro atoms. The Labute approximate surface area is 448 Å². The van der Waals surface area contributed by atoms with E-state index in [2.05, 4.69) is 129 Å². The van der Waals surface area contributed by atoms with Gasteiger partial charge in [-0.05, 0) is 177 Å². The monoisotopic (exact) mass is 1090 g/mol. The van der Waals surface area contributed by atoms with Crippen LogP contribution in [0.3, 0.4) is 0 Å². The van der Waals surface area contributed by atoms with E-state index in [1.807, 2.05) is 45.0 Å². The number of piperidine rings is 1. The molecular formula is C53H81BrCl2N14O2. The van der Waals surface area contributed by atoms with Crippen molar-refractivity contribution in [2.75, 3.05) is 141 Å². The van der Waals surface area contributed by atoms with Crippen LogP contribution in [0.4, 0.5) is 23.0 Å². The van der Waals surface area contributed by atoms with E-state index in [4.69, 9.17) is 34.7 Å². The maximum atomic E-state index is 11.7. The molecule has 8 heterocycles. The summed E-state index contributed by atoms with van der Waals surface area (Å²) in [7, 11) is 8.65. The Kier molecular flexibility index (Phi) is 24.1. The summed E-state index contributed by atoms with van der Waals surface area (Å²) in [5.41, 5.74) is 18.3. The maximum Gasteiger partial charge on any atom is 0.228 e. The number of halogens is 3. The fraction of sp³-hybridized carbons (Fsp3) is 0.585. The van der Waals surface area contributed by atoms with E-state index >= 15 is 0 Å². The van der Waals surface area contributed by atoms with Gasteiger partial charge in [-0.25, -0.2) is 19.9 Å². The number of primary amides is 1. The van der Waals surface area contributed by atoms with Gasteiger partial charge < -0.3 is 51.5 Å². The van der Waals surface area contributed by atoms with Crippen LogP contribution >= 0.6 is 39.1 Å². The molecule has 6 N–H and O–H groups in total. The number of rotatable bonds is 6. The molecule has 6 fully saturated rings. The van der Waals surface area contributed by atoms with Crippen molar-refractivity contribution in [1.29, 1.82) is 0 Å². The van der Waals surface area contributed by atoms with Crippen molar-refractivity contribution >= 4 is 74.0 Å². The number of carbonyl (C=O) groups excluding carboxylic acids is 2. The lowest BCUT2D eigenvalue weighted by Gasteiger charge is -2.34. The highest BCUT2D eigenvalue weighted by atomic mass is 79.9. The van der Waals surface area contributed by atoms with Crippen molar-refractivity contribution in [2.45, 2.75) is 72.1 Å². The number of nitrogen functional groups attached to an aromatic ring is 1. The van der Waals surface area contributed by atoms with E-state index in [1.54, 1.807) is 6.07 Å². The third-order valence-electron chi connectivity index (χ3n) is 13.6. The lowest BCUT2D eigenvalue weighted by atomic mass is 9.89. The quantitative estimate of drug-likeness (QED) is 0.142. The van der Waals surface area contributed by atoms with Crippen molar-refractivity contribution in [3.8, 4) is 0 Å². The Balaban J connectivity index is 0.000000168. The molecule has 4 aliphatic heterocycles. The Bertz CT molecular complexity index is 2240. The number of likely N-dealkylation sites (N-methyl/N-ethyl adjacent to an activating group) is 3. The topological polar surface area (TPSA) is 181 Å². The molecule has 10 rings (SSSR count). The van der Waals surface area contributed by atoms with Gasteiger partial charge in [-0.1, -0.05) is 29.3 Å². The Morgan fingerprint density at radius 2 is 1.04 bits per heavy atom. The van der Waals surface area contributed by atoms with Gasteiger partial charge in [0.25, 0.3) is 0 Å². The van der Waals surface area contributed by atoms with Crippen molar-refractivity contribution < 1.29 is 9.59 Å². The molecule has 2 amide bonds. The first kappa shape index (κ1) is 58.7.